The zero-order valence-corrected chi connectivity index (χ0v) is 18.2. The lowest BCUT2D eigenvalue weighted by Crippen LogP contribution is -2.37. The maximum absolute atomic E-state index is 14.1. The van der Waals surface area contributed by atoms with Crippen LogP contribution in [-0.2, 0) is 4.79 Å². The highest BCUT2D eigenvalue weighted by Crippen LogP contribution is 2.36. The standard InChI is InChI=1S/C25H20F2N6O/c1-16-7-9-18(10-8-16)23-14-22(17-5-3-2-4-6-17)32(25-29-30-31-33(23)25)15-24(34)28-21-12-11-19(26)13-20(21)27/h2-14,23H,15H2,1H3,(H,28,34)/t23-/m0/s1. The highest BCUT2D eigenvalue weighted by molar-refractivity contribution is 5.97. The Balaban J connectivity index is 1.52. The van der Waals surface area contributed by atoms with E-state index in [2.05, 4.69) is 20.8 Å². The molecule has 0 saturated carbocycles. The summed E-state index contributed by atoms with van der Waals surface area (Å²) in [6.45, 7) is 1.83. The fourth-order valence-corrected chi connectivity index (χ4v) is 3.91. The monoisotopic (exact) mass is 458 g/mol. The van der Waals surface area contributed by atoms with Gasteiger partial charge in [0.05, 0.1) is 11.4 Å². The molecular weight excluding hydrogens is 438 g/mol. The zero-order chi connectivity index (χ0) is 23.7. The molecule has 5 rings (SSSR count). The highest BCUT2D eigenvalue weighted by atomic mass is 19.1. The maximum atomic E-state index is 14.1. The lowest BCUT2D eigenvalue weighted by molar-refractivity contribution is -0.114. The quantitative estimate of drug-likeness (QED) is 0.481. The second-order valence-electron chi connectivity index (χ2n) is 7.96. The van der Waals surface area contributed by atoms with Gasteiger partial charge in [0.2, 0.25) is 5.91 Å². The van der Waals surface area contributed by atoms with Crippen molar-refractivity contribution in [3.8, 4) is 0 Å². The van der Waals surface area contributed by atoms with E-state index in [1.807, 2.05) is 67.6 Å². The van der Waals surface area contributed by atoms with Gasteiger partial charge in [-0.25, -0.2) is 8.78 Å². The fraction of sp³-hybridized carbons (Fsp3) is 0.120. The van der Waals surface area contributed by atoms with E-state index in [-0.39, 0.29) is 18.3 Å². The molecule has 3 aromatic carbocycles. The summed E-state index contributed by atoms with van der Waals surface area (Å²) in [6, 6.07) is 20.4. The Morgan fingerprint density at radius 3 is 2.53 bits per heavy atom. The molecule has 170 valence electrons. The first kappa shape index (κ1) is 21.4. The molecule has 34 heavy (non-hydrogen) atoms. The van der Waals surface area contributed by atoms with Crippen LogP contribution >= 0.6 is 0 Å². The average molecular weight is 458 g/mol. The van der Waals surface area contributed by atoms with E-state index in [1.165, 1.54) is 6.07 Å². The van der Waals surface area contributed by atoms with Crippen molar-refractivity contribution in [2.24, 2.45) is 0 Å². The number of fused-ring (bicyclic) bond motifs is 1. The number of nitrogens with zero attached hydrogens (tertiary/aromatic N) is 5. The molecule has 0 fully saturated rings. The van der Waals surface area contributed by atoms with Gasteiger partial charge in [-0.05, 0) is 46.7 Å². The number of amides is 1. The SMILES string of the molecule is Cc1ccc([C@@H]2C=C(c3ccccc3)N(CC(=O)Nc3ccc(F)cc3F)c3nnnn32)cc1. The lowest BCUT2D eigenvalue weighted by Gasteiger charge is -2.32. The van der Waals surface area contributed by atoms with Crippen LogP contribution in [0.25, 0.3) is 5.70 Å². The number of anilines is 2. The van der Waals surface area contributed by atoms with Crippen LogP contribution in [0.2, 0.25) is 0 Å². The second-order valence-corrected chi connectivity index (χ2v) is 7.96. The first-order valence-corrected chi connectivity index (χ1v) is 10.6. The molecule has 2 heterocycles. The minimum atomic E-state index is -0.852. The van der Waals surface area contributed by atoms with Crippen LogP contribution in [0, 0.1) is 18.6 Å². The van der Waals surface area contributed by atoms with Crippen LogP contribution in [0.5, 0.6) is 0 Å². The maximum Gasteiger partial charge on any atom is 0.251 e. The molecule has 1 aliphatic rings. The number of tetrazole rings is 1. The summed E-state index contributed by atoms with van der Waals surface area (Å²) in [5, 5.41) is 14.7. The first-order chi connectivity index (χ1) is 16.5. The molecule has 1 aliphatic heterocycles. The van der Waals surface area contributed by atoms with Crippen LogP contribution in [0.1, 0.15) is 22.7 Å². The normalized spacial score (nSPS) is 15.0. The molecule has 0 unspecified atom stereocenters. The lowest BCUT2D eigenvalue weighted by atomic mass is 10.00. The topological polar surface area (TPSA) is 75.9 Å². The van der Waals surface area contributed by atoms with Gasteiger partial charge in [-0.3, -0.25) is 9.69 Å². The van der Waals surface area contributed by atoms with E-state index in [0.29, 0.717) is 5.95 Å². The molecule has 0 spiro atoms. The number of aromatic nitrogens is 4. The van der Waals surface area contributed by atoms with Crippen molar-refractivity contribution in [1.29, 1.82) is 0 Å². The summed E-state index contributed by atoms with van der Waals surface area (Å²) in [7, 11) is 0. The van der Waals surface area contributed by atoms with Gasteiger partial charge >= 0.3 is 0 Å². The van der Waals surface area contributed by atoms with Crippen LogP contribution in [0.15, 0.2) is 78.9 Å². The number of carbonyl (C=O) groups excluding carboxylic acids is 1. The number of rotatable bonds is 5. The molecule has 1 N–H and O–H groups in total. The average Bonchev–Trinajstić information content (AvgIpc) is 3.33. The van der Waals surface area contributed by atoms with Crippen molar-refractivity contribution in [2.45, 2.75) is 13.0 Å². The minimum Gasteiger partial charge on any atom is -0.322 e. The number of nitrogens with one attached hydrogen (secondary N) is 1. The largest absolute Gasteiger partial charge is 0.322 e. The molecule has 1 amide bonds. The zero-order valence-electron chi connectivity index (χ0n) is 18.2. The molecule has 0 radical (unpaired) electrons. The number of carbonyl (C=O) groups is 1. The van der Waals surface area contributed by atoms with E-state index < -0.39 is 17.5 Å². The molecule has 1 atom stereocenters. The van der Waals surface area contributed by atoms with Gasteiger partial charge < -0.3 is 5.32 Å². The van der Waals surface area contributed by atoms with Crippen molar-refractivity contribution in [3.63, 3.8) is 0 Å². The third-order valence-electron chi connectivity index (χ3n) is 5.58. The van der Waals surface area contributed by atoms with Crippen molar-refractivity contribution < 1.29 is 13.6 Å². The van der Waals surface area contributed by atoms with Crippen molar-refractivity contribution >= 4 is 23.2 Å². The van der Waals surface area contributed by atoms with Gasteiger partial charge in [-0.15, -0.1) is 0 Å². The van der Waals surface area contributed by atoms with Crippen molar-refractivity contribution in [2.75, 3.05) is 16.8 Å². The Labute approximate surface area is 194 Å². The summed E-state index contributed by atoms with van der Waals surface area (Å²) in [6.07, 6.45) is 2.00. The molecule has 7 nitrogen and oxygen atoms in total. The number of hydrogen-bond acceptors (Lipinski definition) is 5. The van der Waals surface area contributed by atoms with Crippen LogP contribution in [0.3, 0.4) is 0 Å². The highest BCUT2D eigenvalue weighted by Gasteiger charge is 2.32. The van der Waals surface area contributed by atoms with Crippen molar-refractivity contribution in [1.82, 2.24) is 20.2 Å². The van der Waals surface area contributed by atoms with Crippen LogP contribution in [-0.4, -0.2) is 32.7 Å². The number of aryl methyl sites for hydroxylation is 1. The Morgan fingerprint density at radius 1 is 1.03 bits per heavy atom. The summed E-state index contributed by atoms with van der Waals surface area (Å²) in [5.74, 6) is -1.70. The third kappa shape index (κ3) is 4.15. The van der Waals surface area contributed by atoms with Gasteiger partial charge in [-0.1, -0.05) is 65.3 Å². The Hall–Kier alpha value is -4.40. The van der Waals surface area contributed by atoms with E-state index in [4.69, 9.17) is 0 Å². The predicted octanol–water partition coefficient (Wildman–Crippen LogP) is 4.35. The van der Waals surface area contributed by atoms with Crippen LogP contribution < -0.4 is 10.2 Å². The van der Waals surface area contributed by atoms with E-state index in [1.54, 1.807) is 9.58 Å². The van der Waals surface area contributed by atoms with Gasteiger partial charge in [-0.2, -0.15) is 4.68 Å². The summed E-state index contributed by atoms with van der Waals surface area (Å²) in [5.41, 5.74) is 3.63. The van der Waals surface area contributed by atoms with Gasteiger partial charge in [0.1, 0.15) is 24.2 Å². The van der Waals surface area contributed by atoms with Gasteiger partial charge in [0.15, 0.2) is 0 Å². The fourth-order valence-electron chi connectivity index (χ4n) is 3.91. The number of allylic oxidation sites excluding steroid dienone is 1. The van der Waals surface area contributed by atoms with E-state index in [0.717, 1.165) is 34.5 Å². The Morgan fingerprint density at radius 2 is 1.79 bits per heavy atom. The number of benzene rings is 3. The first-order valence-electron chi connectivity index (χ1n) is 10.6. The molecule has 0 bridgehead atoms. The third-order valence-corrected chi connectivity index (χ3v) is 5.58. The van der Waals surface area contributed by atoms with Gasteiger partial charge in [0.25, 0.3) is 5.95 Å². The van der Waals surface area contributed by atoms with E-state index in [9.17, 15) is 13.6 Å². The summed E-state index contributed by atoms with van der Waals surface area (Å²) in [4.78, 5) is 14.6. The molecule has 0 saturated heterocycles. The Bertz CT molecular complexity index is 1370. The molecule has 9 heteroatoms. The van der Waals surface area contributed by atoms with E-state index >= 15 is 0 Å². The van der Waals surface area contributed by atoms with Crippen molar-refractivity contribution in [3.05, 3.63) is 107 Å². The molecular formula is C25H20F2N6O. The number of hydrogen-bond donors (Lipinski definition) is 1. The van der Waals surface area contributed by atoms with Gasteiger partial charge in [0, 0.05) is 6.07 Å². The smallest absolute Gasteiger partial charge is 0.251 e. The summed E-state index contributed by atoms with van der Waals surface area (Å²) < 4.78 is 28.9. The molecule has 4 aromatic rings. The second kappa shape index (κ2) is 8.86. The minimum absolute atomic E-state index is 0.106. The molecule has 1 aromatic heterocycles. The summed E-state index contributed by atoms with van der Waals surface area (Å²) >= 11 is 0. The van der Waals surface area contributed by atoms with Crippen LogP contribution in [0.4, 0.5) is 20.4 Å². The molecule has 0 aliphatic carbocycles. The Kier molecular flexibility index (Phi) is 5.59. The number of halogens is 2. The predicted molar refractivity (Wildman–Crippen MR) is 124 cm³/mol.